The van der Waals surface area contributed by atoms with Gasteiger partial charge in [-0.3, -0.25) is 5.32 Å². The van der Waals surface area contributed by atoms with Gasteiger partial charge in [-0.15, -0.1) is 0 Å². The van der Waals surface area contributed by atoms with Crippen molar-refractivity contribution in [3.8, 4) is 23.3 Å². The summed E-state index contributed by atoms with van der Waals surface area (Å²) in [6.45, 7) is 2.55. The van der Waals surface area contributed by atoms with E-state index in [2.05, 4.69) is 39.7 Å². The topological polar surface area (TPSA) is 56.8 Å². The van der Waals surface area contributed by atoms with E-state index in [0.717, 1.165) is 14.9 Å². The third-order valence-corrected chi connectivity index (χ3v) is 4.40. The first-order chi connectivity index (χ1) is 12.6. The summed E-state index contributed by atoms with van der Waals surface area (Å²) in [5.74, 6) is 7.68. The lowest BCUT2D eigenvalue weighted by molar-refractivity contribution is 0.168. The molecule has 0 fully saturated rings. The number of carbonyl (C=O) groups excluding carboxylic acids is 1. The number of amides is 1. The quantitative estimate of drug-likeness (QED) is 0.382. The number of hydrogen-bond acceptors (Lipinski definition) is 4. The van der Waals surface area contributed by atoms with Gasteiger partial charge in [0.2, 0.25) is 0 Å². The number of carbonyl (C=O) groups is 1. The van der Waals surface area contributed by atoms with Gasteiger partial charge in [0, 0.05) is 12.0 Å². The smallest absolute Gasteiger partial charge is 0.411 e. The van der Waals surface area contributed by atoms with Gasteiger partial charge >= 0.3 is 6.09 Å². The average Bonchev–Trinajstić information content (AvgIpc) is 2.65. The molecule has 0 unspecified atom stereocenters. The Balaban J connectivity index is 1.87. The lowest BCUT2D eigenvalue weighted by atomic mass is 10.2. The van der Waals surface area contributed by atoms with E-state index < -0.39 is 6.09 Å². The fourth-order valence-electron chi connectivity index (χ4n) is 2.05. The Labute approximate surface area is 167 Å². The average molecular weight is 465 g/mol. The minimum absolute atomic E-state index is 0.325. The van der Waals surface area contributed by atoms with Crippen LogP contribution < -0.4 is 14.8 Å². The summed E-state index contributed by atoms with van der Waals surface area (Å²) < 4.78 is 16.6. The molecule has 0 aliphatic rings. The monoisotopic (exact) mass is 465 g/mol. The van der Waals surface area contributed by atoms with Gasteiger partial charge in [-0.1, -0.05) is 17.9 Å². The van der Waals surface area contributed by atoms with Gasteiger partial charge in [-0.25, -0.2) is 4.79 Å². The van der Waals surface area contributed by atoms with Crippen molar-refractivity contribution < 1.29 is 19.0 Å². The molecule has 6 heteroatoms. The second kappa shape index (κ2) is 10.6. The molecule has 1 amide bonds. The van der Waals surface area contributed by atoms with Crippen LogP contribution in [0.4, 0.5) is 10.5 Å². The predicted octanol–water partition coefficient (Wildman–Crippen LogP) is 4.69. The molecular formula is C20H20INO4. The molecule has 0 aliphatic heterocycles. The summed E-state index contributed by atoms with van der Waals surface area (Å²) in [5, 5.41) is 2.70. The van der Waals surface area contributed by atoms with Crippen LogP contribution in [0.25, 0.3) is 0 Å². The molecule has 2 aromatic carbocycles. The zero-order valence-corrected chi connectivity index (χ0v) is 16.8. The number of nitrogens with one attached hydrogen (secondary N) is 1. The van der Waals surface area contributed by atoms with Crippen LogP contribution in [0.1, 0.15) is 18.9 Å². The molecule has 2 rings (SSSR count). The van der Waals surface area contributed by atoms with Crippen LogP contribution in [0.3, 0.4) is 0 Å². The van der Waals surface area contributed by atoms with Crippen LogP contribution in [0.15, 0.2) is 42.5 Å². The van der Waals surface area contributed by atoms with Gasteiger partial charge in [0.1, 0.15) is 11.5 Å². The molecular weight excluding hydrogens is 445 g/mol. The van der Waals surface area contributed by atoms with Gasteiger partial charge < -0.3 is 14.2 Å². The zero-order valence-electron chi connectivity index (χ0n) is 14.7. The number of halogens is 1. The van der Waals surface area contributed by atoms with E-state index in [9.17, 15) is 4.79 Å². The first-order valence-corrected chi connectivity index (χ1v) is 9.20. The molecule has 0 spiro atoms. The Morgan fingerprint density at radius 1 is 1.19 bits per heavy atom. The highest BCUT2D eigenvalue weighted by atomic mass is 127. The molecule has 1 N–H and O–H groups in total. The molecule has 0 saturated carbocycles. The summed E-state index contributed by atoms with van der Waals surface area (Å²) in [7, 11) is 1.64. The first kappa shape index (κ1) is 19.9. The second-order valence-electron chi connectivity index (χ2n) is 5.09. The van der Waals surface area contributed by atoms with E-state index in [1.807, 2.05) is 36.4 Å². The molecule has 0 aliphatic carbocycles. The van der Waals surface area contributed by atoms with Crippen LogP contribution in [0.5, 0.6) is 11.5 Å². The van der Waals surface area contributed by atoms with Crippen molar-refractivity contribution in [3.63, 3.8) is 0 Å². The highest BCUT2D eigenvalue weighted by molar-refractivity contribution is 14.1. The molecule has 2 aromatic rings. The highest BCUT2D eigenvalue weighted by Crippen LogP contribution is 2.28. The molecule has 0 bridgehead atoms. The van der Waals surface area contributed by atoms with Gasteiger partial charge in [-0.2, -0.15) is 0 Å². The maximum atomic E-state index is 11.5. The van der Waals surface area contributed by atoms with Crippen molar-refractivity contribution in [2.24, 2.45) is 0 Å². The number of hydrogen-bond donors (Lipinski definition) is 1. The van der Waals surface area contributed by atoms with Gasteiger partial charge in [-0.05, 0) is 65.9 Å². The summed E-state index contributed by atoms with van der Waals surface area (Å²) in [5.41, 5.74) is 1.59. The van der Waals surface area contributed by atoms with Gasteiger partial charge in [0.05, 0.1) is 29.6 Å². The van der Waals surface area contributed by atoms with Crippen LogP contribution in [0, 0.1) is 15.4 Å². The van der Waals surface area contributed by atoms with Crippen molar-refractivity contribution in [3.05, 3.63) is 51.6 Å². The number of methoxy groups -OCH3 is 1. The number of anilines is 1. The minimum atomic E-state index is -0.479. The molecule has 5 nitrogen and oxygen atoms in total. The van der Waals surface area contributed by atoms with E-state index in [4.69, 9.17) is 14.2 Å². The molecule has 136 valence electrons. The fraction of sp³-hybridized carbons (Fsp3) is 0.250. The van der Waals surface area contributed by atoms with Crippen LogP contribution in [-0.2, 0) is 4.74 Å². The third-order valence-electron chi connectivity index (χ3n) is 3.28. The van der Waals surface area contributed by atoms with Crippen LogP contribution in [-0.4, -0.2) is 26.4 Å². The predicted molar refractivity (Wildman–Crippen MR) is 110 cm³/mol. The van der Waals surface area contributed by atoms with E-state index in [1.165, 1.54) is 0 Å². The van der Waals surface area contributed by atoms with E-state index in [1.54, 1.807) is 20.1 Å². The van der Waals surface area contributed by atoms with Crippen LogP contribution >= 0.6 is 22.6 Å². The van der Waals surface area contributed by atoms with E-state index in [0.29, 0.717) is 31.1 Å². The number of benzene rings is 2. The maximum absolute atomic E-state index is 11.5. The van der Waals surface area contributed by atoms with Crippen molar-refractivity contribution in [1.82, 2.24) is 0 Å². The summed E-state index contributed by atoms with van der Waals surface area (Å²) in [6, 6.07) is 13.1. The van der Waals surface area contributed by atoms with Crippen molar-refractivity contribution in [2.45, 2.75) is 13.3 Å². The minimum Gasteiger partial charge on any atom is -0.497 e. The molecule has 0 heterocycles. The Morgan fingerprint density at radius 2 is 1.96 bits per heavy atom. The summed E-state index contributed by atoms with van der Waals surface area (Å²) in [4.78, 5) is 11.5. The lowest BCUT2D eigenvalue weighted by Gasteiger charge is -2.11. The SMILES string of the molecule is CCOC(=O)Nc1cccc(OCCC#Cc2ccc(OC)cc2)c1I. The normalized spacial score (nSPS) is 9.65. The standard InChI is InChI=1S/C20H20INO4/c1-3-25-20(23)22-17-8-6-9-18(19(17)21)26-14-5-4-7-15-10-12-16(24-2)13-11-15/h6,8-13H,3,5,14H2,1-2H3,(H,22,23). The van der Waals surface area contributed by atoms with Crippen LogP contribution in [0.2, 0.25) is 0 Å². The zero-order chi connectivity index (χ0) is 18.8. The second-order valence-corrected chi connectivity index (χ2v) is 6.17. The number of rotatable bonds is 6. The molecule has 0 saturated heterocycles. The van der Waals surface area contributed by atoms with E-state index >= 15 is 0 Å². The Morgan fingerprint density at radius 3 is 2.65 bits per heavy atom. The first-order valence-electron chi connectivity index (χ1n) is 8.12. The largest absolute Gasteiger partial charge is 0.497 e. The molecule has 0 radical (unpaired) electrons. The Bertz CT molecular complexity index is 794. The van der Waals surface area contributed by atoms with Gasteiger partial charge in [0.15, 0.2) is 0 Å². The fourth-order valence-corrected chi connectivity index (χ4v) is 2.70. The summed E-state index contributed by atoms with van der Waals surface area (Å²) >= 11 is 2.14. The highest BCUT2D eigenvalue weighted by Gasteiger charge is 2.09. The van der Waals surface area contributed by atoms with E-state index in [-0.39, 0.29) is 0 Å². The summed E-state index contributed by atoms with van der Waals surface area (Å²) in [6.07, 6.45) is 0.116. The van der Waals surface area contributed by atoms with Crippen molar-refractivity contribution >= 4 is 34.4 Å². The Kier molecular flexibility index (Phi) is 8.09. The van der Waals surface area contributed by atoms with Gasteiger partial charge in [0.25, 0.3) is 0 Å². The molecule has 0 aromatic heterocycles. The Hall–Kier alpha value is -2.40. The van der Waals surface area contributed by atoms with Crippen molar-refractivity contribution in [2.75, 3.05) is 25.6 Å². The van der Waals surface area contributed by atoms with Crippen molar-refractivity contribution in [1.29, 1.82) is 0 Å². The third kappa shape index (κ3) is 6.15. The lowest BCUT2D eigenvalue weighted by Crippen LogP contribution is -2.14. The maximum Gasteiger partial charge on any atom is 0.411 e. The number of ether oxygens (including phenoxy) is 3. The molecule has 26 heavy (non-hydrogen) atoms. The molecule has 0 atom stereocenters.